The van der Waals surface area contributed by atoms with Crippen molar-refractivity contribution in [3.8, 4) is 5.75 Å². The summed E-state index contributed by atoms with van der Waals surface area (Å²) in [5.41, 5.74) is 0.158. The van der Waals surface area contributed by atoms with Gasteiger partial charge in [-0.15, -0.1) is 0 Å². The average Bonchev–Trinajstić information content (AvgIpc) is 2.51. The van der Waals surface area contributed by atoms with Crippen LogP contribution in [0.4, 0.5) is 0 Å². The van der Waals surface area contributed by atoms with Crippen LogP contribution in [0.5, 0.6) is 5.75 Å². The van der Waals surface area contributed by atoms with Crippen molar-refractivity contribution in [3.63, 3.8) is 0 Å². The third-order valence-electron chi connectivity index (χ3n) is 3.40. The van der Waals surface area contributed by atoms with E-state index in [0.29, 0.717) is 0 Å². The van der Waals surface area contributed by atoms with Crippen LogP contribution in [0.1, 0.15) is 41.5 Å². The van der Waals surface area contributed by atoms with Crippen LogP contribution in [0.2, 0.25) is 0 Å². The molecule has 1 aromatic rings. The van der Waals surface area contributed by atoms with Gasteiger partial charge in [-0.1, -0.05) is 26.0 Å². The van der Waals surface area contributed by atoms with Crippen LogP contribution in [0.3, 0.4) is 0 Å². The Balaban J connectivity index is 0.000000771. The van der Waals surface area contributed by atoms with Crippen LogP contribution in [0.25, 0.3) is 0 Å². The number of hydrogen-bond acceptors (Lipinski definition) is 3. The minimum absolute atomic E-state index is 0.229. The number of hydrogen-bond donors (Lipinski definition) is 1. The summed E-state index contributed by atoms with van der Waals surface area (Å²) < 4.78 is 11.7. The van der Waals surface area contributed by atoms with Gasteiger partial charge in [0, 0.05) is 0 Å². The van der Waals surface area contributed by atoms with E-state index in [9.17, 15) is 5.11 Å². The highest BCUT2D eigenvalue weighted by Gasteiger charge is 2.51. The van der Waals surface area contributed by atoms with E-state index in [1.54, 1.807) is 18.2 Å². The van der Waals surface area contributed by atoms with Gasteiger partial charge in [-0.25, -0.2) is 0 Å². The standard InChI is InChI=1S/C12H17BO3.C2H6/c1-11(2)12(3,4)16-13(15-11)9-6-5-7-10(14)8-9;1-2/h5-8,14H,1-4H3;1-2H3. The average molecular weight is 250 g/mol. The Morgan fingerprint density at radius 2 is 1.50 bits per heavy atom. The minimum Gasteiger partial charge on any atom is -0.508 e. The molecule has 0 saturated carbocycles. The van der Waals surface area contributed by atoms with Crippen molar-refractivity contribution < 1.29 is 14.4 Å². The fourth-order valence-electron chi connectivity index (χ4n) is 1.65. The van der Waals surface area contributed by atoms with E-state index in [4.69, 9.17) is 9.31 Å². The number of phenolic OH excluding ortho intramolecular Hbond substituents is 1. The van der Waals surface area contributed by atoms with E-state index < -0.39 is 7.12 Å². The maximum atomic E-state index is 9.42. The van der Waals surface area contributed by atoms with Gasteiger partial charge in [0.25, 0.3) is 0 Å². The molecule has 1 N–H and O–H groups in total. The summed E-state index contributed by atoms with van der Waals surface area (Å²) >= 11 is 0. The zero-order chi connectivity index (χ0) is 14.0. The van der Waals surface area contributed by atoms with Gasteiger partial charge in [0.05, 0.1) is 11.2 Å². The van der Waals surface area contributed by atoms with Crippen molar-refractivity contribution in [1.82, 2.24) is 0 Å². The quantitative estimate of drug-likeness (QED) is 0.779. The second-order valence-electron chi connectivity index (χ2n) is 5.18. The molecule has 0 bridgehead atoms. The molecule has 1 fully saturated rings. The van der Waals surface area contributed by atoms with Gasteiger partial charge in [-0.05, 0) is 45.3 Å². The third-order valence-corrected chi connectivity index (χ3v) is 3.40. The Hall–Kier alpha value is -0.995. The molecule has 1 aliphatic heterocycles. The first kappa shape index (κ1) is 15.1. The Bertz CT molecular complexity index is 386. The molecule has 1 aliphatic rings. The zero-order valence-corrected chi connectivity index (χ0v) is 12.2. The fraction of sp³-hybridized carbons (Fsp3) is 0.571. The molecular formula is C14H23BO3. The molecular weight excluding hydrogens is 227 g/mol. The molecule has 100 valence electrons. The molecule has 1 heterocycles. The summed E-state index contributed by atoms with van der Waals surface area (Å²) in [6.45, 7) is 12.0. The van der Waals surface area contributed by atoms with E-state index in [1.165, 1.54) is 0 Å². The summed E-state index contributed by atoms with van der Waals surface area (Å²) in [4.78, 5) is 0. The molecule has 4 heteroatoms. The number of phenols is 1. The van der Waals surface area contributed by atoms with E-state index in [-0.39, 0.29) is 17.0 Å². The summed E-state index contributed by atoms with van der Waals surface area (Å²) in [7, 11) is -0.405. The van der Waals surface area contributed by atoms with Crippen LogP contribution in [0, 0.1) is 0 Å². The van der Waals surface area contributed by atoms with Gasteiger partial charge in [0.15, 0.2) is 0 Å². The first-order valence-electron chi connectivity index (χ1n) is 6.46. The Kier molecular flexibility index (Phi) is 4.46. The van der Waals surface area contributed by atoms with Crippen molar-refractivity contribution in [2.24, 2.45) is 0 Å². The van der Waals surface area contributed by atoms with Crippen LogP contribution in [-0.4, -0.2) is 23.4 Å². The zero-order valence-electron chi connectivity index (χ0n) is 12.2. The van der Waals surface area contributed by atoms with Gasteiger partial charge in [-0.2, -0.15) is 0 Å². The molecule has 0 unspecified atom stereocenters. The second kappa shape index (κ2) is 5.33. The van der Waals surface area contributed by atoms with Crippen LogP contribution < -0.4 is 5.46 Å². The van der Waals surface area contributed by atoms with Crippen molar-refractivity contribution >= 4 is 12.6 Å². The van der Waals surface area contributed by atoms with Crippen LogP contribution in [0.15, 0.2) is 24.3 Å². The smallest absolute Gasteiger partial charge is 0.494 e. The van der Waals surface area contributed by atoms with Crippen molar-refractivity contribution in [3.05, 3.63) is 24.3 Å². The predicted octanol–water partition coefficient (Wildman–Crippen LogP) is 2.72. The maximum absolute atomic E-state index is 9.42. The third kappa shape index (κ3) is 2.87. The Morgan fingerprint density at radius 1 is 1.00 bits per heavy atom. The number of aromatic hydroxyl groups is 1. The topological polar surface area (TPSA) is 38.7 Å². The molecule has 0 spiro atoms. The summed E-state index contributed by atoms with van der Waals surface area (Å²) in [5.74, 6) is 0.229. The summed E-state index contributed by atoms with van der Waals surface area (Å²) in [6.07, 6.45) is 0. The molecule has 0 amide bonds. The highest BCUT2D eigenvalue weighted by atomic mass is 16.7. The van der Waals surface area contributed by atoms with Crippen molar-refractivity contribution in [1.29, 1.82) is 0 Å². The van der Waals surface area contributed by atoms with E-state index in [1.807, 2.05) is 47.6 Å². The van der Waals surface area contributed by atoms with Gasteiger partial charge >= 0.3 is 7.12 Å². The fourth-order valence-corrected chi connectivity index (χ4v) is 1.65. The van der Waals surface area contributed by atoms with Crippen LogP contribution >= 0.6 is 0 Å². The predicted molar refractivity (Wildman–Crippen MR) is 75.2 cm³/mol. The van der Waals surface area contributed by atoms with E-state index in [0.717, 1.165) is 5.46 Å². The Morgan fingerprint density at radius 3 is 1.94 bits per heavy atom. The second-order valence-corrected chi connectivity index (χ2v) is 5.18. The van der Waals surface area contributed by atoms with Gasteiger partial charge in [0.1, 0.15) is 5.75 Å². The first-order chi connectivity index (χ1) is 8.32. The van der Waals surface area contributed by atoms with Gasteiger partial charge in [0.2, 0.25) is 0 Å². The number of rotatable bonds is 1. The van der Waals surface area contributed by atoms with Crippen molar-refractivity contribution in [2.45, 2.75) is 52.7 Å². The summed E-state index contributed by atoms with van der Waals surface area (Å²) in [6, 6.07) is 6.98. The SMILES string of the molecule is CC.CC1(C)OB(c2cccc(O)c2)OC1(C)C. The monoisotopic (exact) mass is 250 g/mol. The lowest BCUT2D eigenvalue weighted by molar-refractivity contribution is 0.00578. The van der Waals surface area contributed by atoms with E-state index in [2.05, 4.69) is 0 Å². The highest BCUT2D eigenvalue weighted by molar-refractivity contribution is 6.62. The lowest BCUT2D eigenvalue weighted by Crippen LogP contribution is -2.41. The molecule has 2 rings (SSSR count). The molecule has 1 aromatic carbocycles. The van der Waals surface area contributed by atoms with Gasteiger partial charge < -0.3 is 14.4 Å². The lowest BCUT2D eigenvalue weighted by atomic mass is 9.79. The molecule has 3 nitrogen and oxygen atoms in total. The first-order valence-corrected chi connectivity index (χ1v) is 6.46. The number of benzene rings is 1. The lowest BCUT2D eigenvalue weighted by Gasteiger charge is -2.32. The molecule has 0 atom stereocenters. The Labute approximate surface area is 110 Å². The molecule has 0 radical (unpaired) electrons. The molecule has 0 aromatic heterocycles. The van der Waals surface area contributed by atoms with Crippen molar-refractivity contribution in [2.75, 3.05) is 0 Å². The van der Waals surface area contributed by atoms with E-state index >= 15 is 0 Å². The molecule has 0 aliphatic carbocycles. The van der Waals surface area contributed by atoms with Crippen LogP contribution in [-0.2, 0) is 9.31 Å². The molecule has 18 heavy (non-hydrogen) atoms. The minimum atomic E-state index is -0.405. The maximum Gasteiger partial charge on any atom is 0.494 e. The largest absolute Gasteiger partial charge is 0.508 e. The molecule has 1 saturated heterocycles. The van der Waals surface area contributed by atoms with Gasteiger partial charge in [-0.3, -0.25) is 0 Å². The normalized spacial score (nSPS) is 20.2. The highest BCUT2D eigenvalue weighted by Crippen LogP contribution is 2.36. The summed E-state index contributed by atoms with van der Waals surface area (Å²) in [5, 5.41) is 9.42.